The number of aliphatic hydroxyl groups excluding tert-OH is 1. The summed E-state index contributed by atoms with van der Waals surface area (Å²) in [5.41, 5.74) is 0.608. The van der Waals surface area contributed by atoms with E-state index in [1.807, 2.05) is 0 Å². The van der Waals surface area contributed by atoms with E-state index in [2.05, 4.69) is 0 Å². The Morgan fingerprint density at radius 3 is 2.53 bits per heavy atom. The lowest BCUT2D eigenvalue weighted by atomic mass is 9.78. The zero-order valence-electron chi connectivity index (χ0n) is 16.3. The molecule has 4 rings (SSSR count). The minimum atomic E-state index is -0.967. The van der Waals surface area contributed by atoms with Crippen molar-refractivity contribution in [3.05, 3.63) is 58.7 Å². The van der Waals surface area contributed by atoms with E-state index >= 15 is 0 Å². The van der Waals surface area contributed by atoms with Crippen LogP contribution in [-0.4, -0.2) is 43.7 Å². The number of carbonyl (C=O) groups is 3. The lowest BCUT2D eigenvalue weighted by Crippen LogP contribution is -2.28. The average Bonchev–Trinajstić information content (AvgIpc) is 3.25. The maximum absolute atomic E-state index is 13.0. The fourth-order valence-corrected chi connectivity index (χ4v) is 3.70. The number of ketones is 2. The molecule has 0 bridgehead atoms. The van der Waals surface area contributed by atoms with Gasteiger partial charge in [0, 0.05) is 17.0 Å². The molecule has 154 valence electrons. The fraction of sp³-hybridized carbons (Fsp3) is 0.227. The average molecular weight is 410 g/mol. The van der Waals surface area contributed by atoms with E-state index in [9.17, 15) is 19.5 Å². The molecule has 8 nitrogen and oxygen atoms in total. The number of Topliss-reactive ketones (excluding diaryl/α,β-unsaturated/α-hetero) is 2. The first-order chi connectivity index (χ1) is 14.5. The van der Waals surface area contributed by atoms with Gasteiger partial charge in [0.05, 0.1) is 26.2 Å². The maximum atomic E-state index is 13.0. The monoisotopic (exact) mass is 410 g/mol. The first-order valence-corrected chi connectivity index (χ1v) is 9.12. The Balaban J connectivity index is 1.92. The third-order valence-corrected chi connectivity index (χ3v) is 5.16. The highest BCUT2D eigenvalue weighted by Gasteiger charge is 2.39. The Labute approximate surface area is 171 Å². The number of allylic oxidation sites excluding steroid dienone is 1. The molecule has 0 fully saturated rings. The molecular formula is C22H18O8. The topological polar surface area (TPSA) is 108 Å². The Hall–Kier alpha value is -3.81. The molecule has 0 amide bonds. The molecule has 1 N–H and O–H groups in total. The summed E-state index contributed by atoms with van der Waals surface area (Å²) in [6.45, 7) is -0.00441. The van der Waals surface area contributed by atoms with Crippen molar-refractivity contribution in [3.8, 4) is 17.2 Å². The predicted molar refractivity (Wildman–Crippen MR) is 104 cm³/mol. The van der Waals surface area contributed by atoms with Gasteiger partial charge in [0.25, 0.3) is 0 Å². The third kappa shape index (κ3) is 3.06. The van der Waals surface area contributed by atoms with Gasteiger partial charge in [-0.3, -0.25) is 14.4 Å². The van der Waals surface area contributed by atoms with E-state index in [0.29, 0.717) is 22.8 Å². The number of rotatable bonds is 5. The summed E-state index contributed by atoms with van der Waals surface area (Å²) in [5, 5.41) is 10.9. The summed E-state index contributed by atoms with van der Waals surface area (Å²) < 4.78 is 20.9. The predicted octanol–water partition coefficient (Wildman–Crippen LogP) is 2.81. The minimum Gasteiger partial charge on any atom is -0.507 e. The summed E-state index contributed by atoms with van der Waals surface area (Å²) in [6, 6.07) is 9.45. The van der Waals surface area contributed by atoms with Gasteiger partial charge in [0.2, 0.25) is 24.1 Å². The molecule has 2 aromatic rings. The molecule has 1 atom stereocenters. The van der Waals surface area contributed by atoms with Gasteiger partial charge in [-0.1, -0.05) is 24.3 Å². The van der Waals surface area contributed by atoms with Crippen molar-refractivity contribution < 1.29 is 38.4 Å². The number of carbonyl (C=O) groups excluding carboxylic acids is 3. The fourth-order valence-electron chi connectivity index (χ4n) is 3.70. The first kappa shape index (κ1) is 19.5. The van der Waals surface area contributed by atoms with Crippen molar-refractivity contribution in [2.45, 2.75) is 12.3 Å². The molecule has 0 aromatic heterocycles. The van der Waals surface area contributed by atoms with Crippen molar-refractivity contribution in [2.24, 2.45) is 0 Å². The van der Waals surface area contributed by atoms with Crippen LogP contribution in [0.3, 0.4) is 0 Å². The van der Waals surface area contributed by atoms with E-state index in [0.717, 1.165) is 0 Å². The van der Waals surface area contributed by atoms with Crippen LogP contribution in [0.2, 0.25) is 0 Å². The van der Waals surface area contributed by atoms with E-state index in [1.54, 1.807) is 30.3 Å². The quantitative estimate of drug-likeness (QED) is 0.592. The number of benzene rings is 2. The van der Waals surface area contributed by atoms with Gasteiger partial charge in [0.1, 0.15) is 5.76 Å². The van der Waals surface area contributed by atoms with Gasteiger partial charge in [-0.2, -0.15) is 0 Å². The van der Waals surface area contributed by atoms with Crippen LogP contribution in [0.4, 0.5) is 0 Å². The molecule has 1 aliphatic heterocycles. The summed E-state index contributed by atoms with van der Waals surface area (Å²) in [5.74, 6) is -2.45. The SMILES string of the molecule is COC(=O)C[C@H](C1=C(O)c2ccccc2C(=O)C1=O)c1cc(OC)c2c(c1)OCO2. The molecule has 1 heterocycles. The number of hydrogen-bond donors (Lipinski definition) is 1. The van der Waals surface area contributed by atoms with E-state index in [4.69, 9.17) is 18.9 Å². The highest BCUT2D eigenvalue weighted by Crippen LogP contribution is 2.46. The normalized spacial score (nSPS) is 15.7. The van der Waals surface area contributed by atoms with Gasteiger partial charge >= 0.3 is 5.97 Å². The van der Waals surface area contributed by atoms with Crippen LogP contribution in [0.25, 0.3) is 5.76 Å². The number of fused-ring (bicyclic) bond motifs is 2. The standard InChI is InChI=1S/C22H18O8/c1-27-15-7-11(8-16-22(15)30-10-29-16)14(9-17(23)28-2)18-19(24)12-5-3-4-6-13(12)20(25)21(18)26/h3-8,14,24H,9-10H2,1-2H3/t14-/m0/s1. The molecule has 1 aliphatic carbocycles. The van der Waals surface area contributed by atoms with Gasteiger partial charge in [-0.15, -0.1) is 0 Å². The summed E-state index contributed by atoms with van der Waals surface area (Å²) >= 11 is 0. The smallest absolute Gasteiger partial charge is 0.306 e. The van der Waals surface area contributed by atoms with E-state index in [1.165, 1.54) is 20.3 Å². The van der Waals surface area contributed by atoms with Crippen LogP contribution in [-0.2, 0) is 14.3 Å². The molecule has 8 heteroatoms. The molecule has 2 aliphatic rings. The Morgan fingerprint density at radius 1 is 1.10 bits per heavy atom. The highest BCUT2D eigenvalue weighted by atomic mass is 16.7. The third-order valence-electron chi connectivity index (χ3n) is 5.16. The second-order valence-electron chi connectivity index (χ2n) is 6.76. The number of hydrogen-bond acceptors (Lipinski definition) is 8. The molecule has 0 unspecified atom stereocenters. The van der Waals surface area contributed by atoms with Crippen molar-refractivity contribution >= 4 is 23.3 Å². The van der Waals surface area contributed by atoms with Crippen LogP contribution in [0.15, 0.2) is 42.0 Å². The van der Waals surface area contributed by atoms with Crippen LogP contribution < -0.4 is 14.2 Å². The largest absolute Gasteiger partial charge is 0.507 e. The number of esters is 1. The summed E-state index contributed by atoms with van der Waals surface area (Å²) in [7, 11) is 2.66. The van der Waals surface area contributed by atoms with E-state index < -0.39 is 23.5 Å². The second kappa shape index (κ2) is 7.55. The maximum Gasteiger partial charge on any atom is 0.306 e. The molecule has 0 saturated heterocycles. The summed E-state index contributed by atoms with van der Waals surface area (Å²) in [6.07, 6.45) is -0.278. The molecule has 0 radical (unpaired) electrons. The van der Waals surface area contributed by atoms with Crippen LogP contribution in [0.1, 0.15) is 33.8 Å². The van der Waals surface area contributed by atoms with Gasteiger partial charge in [-0.05, 0) is 17.7 Å². The van der Waals surface area contributed by atoms with Crippen molar-refractivity contribution in [1.82, 2.24) is 0 Å². The van der Waals surface area contributed by atoms with Crippen molar-refractivity contribution in [2.75, 3.05) is 21.0 Å². The number of aliphatic hydroxyl groups is 1. The molecule has 0 spiro atoms. The zero-order valence-corrected chi connectivity index (χ0v) is 16.3. The van der Waals surface area contributed by atoms with Crippen molar-refractivity contribution in [3.63, 3.8) is 0 Å². The highest BCUT2D eigenvalue weighted by molar-refractivity contribution is 6.52. The van der Waals surface area contributed by atoms with Gasteiger partial charge < -0.3 is 24.1 Å². The lowest BCUT2D eigenvalue weighted by Gasteiger charge is -2.25. The van der Waals surface area contributed by atoms with Crippen LogP contribution in [0.5, 0.6) is 17.2 Å². The van der Waals surface area contributed by atoms with Gasteiger partial charge in [-0.25, -0.2) is 0 Å². The molecule has 0 saturated carbocycles. The van der Waals surface area contributed by atoms with Gasteiger partial charge in [0.15, 0.2) is 11.5 Å². The Kier molecular flexibility index (Phi) is 4.91. The summed E-state index contributed by atoms with van der Waals surface area (Å²) in [4.78, 5) is 37.8. The first-order valence-electron chi connectivity index (χ1n) is 9.12. The Morgan fingerprint density at radius 2 is 1.83 bits per heavy atom. The number of methoxy groups -OCH3 is 2. The van der Waals surface area contributed by atoms with Crippen LogP contribution in [0, 0.1) is 0 Å². The molecular weight excluding hydrogens is 392 g/mol. The van der Waals surface area contributed by atoms with Crippen molar-refractivity contribution in [1.29, 1.82) is 0 Å². The second-order valence-corrected chi connectivity index (χ2v) is 6.76. The number of ether oxygens (including phenoxy) is 4. The zero-order chi connectivity index (χ0) is 21.4. The minimum absolute atomic E-state index is 0.00441. The van der Waals surface area contributed by atoms with E-state index in [-0.39, 0.29) is 35.7 Å². The Bertz CT molecular complexity index is 1100. The molecule has 30 heavy (non-hydrogen) atoms. The lowest BCUT2D eigenvalue weighted by molar-refractivity contribution is -0.140. The molecule has 2 aromatic carbocycles. The van der Waals surface area contributed by atoms with Crippen LogP contribution >= 0.6 is 0 Å².